The largest absolute Gasteiger partial charge is 0.481 e. The van der Waals surface area contributed by atoms with Crippen molar-refractivity contribution in [3.8, 4) is 5.88 Å². The first-order valence-corrected chi connectivity index (χ1v) is 5.04. The molecule has 0 spiro atoms. The standard InChI is InChI=1S/C10H13N3O3/c1-15-9-6-8(11-7-12-9)10(14)13-2-4-16-5-3-13/h6-7H,2-5H2,1H3. The summed E-state index contributed by atoms with van der Waals surface area (Å²) in [5.41, 5.74) is 0.355. The van der Waals surface area contributed by atoms with Gasteiger partial charge in [-0.15, -0.1) is 0 Å². The van der Waals surface area contributed by atoms with E-state index in [1.54, 1.807) is 4.90 Å². The fraction of sp³-hybridized carbons (Fsp3) is 0.500. The number of nitrogens with zero attached hydrogens (tertiary/aromatic N) is 3. The van der Waals surface area contributed by atoms with Gasteiger partial charge >= 0.3 is 0 Å². The van der Waals surface area contributed by atoms with Gasteiger partial charge in [-0.2, -0.15) is 0 Å². The molecule has 6 heteroatoms. The third kappa shape index (κ3) is 2.27. The molecule has 16 heavy (non-hydrogen) atoms. The highest BCUT2D eigenvalue weighted by Gasteiger charge is 2.19. The Morgan fingerprint density at radius 1 is 1.44 bits per heavy atom. The van der Waals surface area contributed by atoms with Crippen LogP contribution >= 0.6 is 0 Å². The molecular formula is C10H13N3O3. The van der Waals surface area contributed by atoms with Crippen molar-refractivity contribution in [2.24, 2.45) is 0 Å². The van der Waals surface area contributed by atoms with Gasteiger partial charge in [-0.1, -0.05) is 0 Å². The van der Waals surface area contributed by atoms with Gasteiger partial charge in [-0.05, 0) is 0 Å². The van der Waals surface area contributed by atoms with Crippen molar-refractivity contribution in [2.75, 3.05) is 33.4 Å². The summed E-state index contributed by atoms with van der Waals surface area (Å²) in [7, 11) is 1.51. The molecule has 1 fully saturated rings. The van der Waals surface area contributed by atoms with Crippen LogP contribution in [0.15, 0.2) is 12.4 Å². The minimum Gasteiger partial charge on any atom is -0.481 e. The van der Waals surface area contributed by atoms with Gasteiger partial charge in [0.15, 0.2) is 0 Å². The lowest BCUT2D eigenvalue weighted by molar-refractivity contribution is 0.0298. The molecule has 1 aliphatic rings. The number of hydrogen-bond acceptors (Lipinski definition) is 5. The summed E-state index contributed by atoms with van der Waals surface area (Å²) < 4.78 is 10.1. The van der Waals surface area contributed by atoms with E-state index in [0.29, 0.717) is 37.9 Å². The van der Waals surface area contributed by atoms with E-state index < -0.39 is 0 Å². The fourth-order valence-corrected chi connectivity index (χ4v) is 1.50. The monoisotopic (exact) mass is 223 g/mol. The lowest BCUT2D eigenvalue weighted by Crippen LogP contribution is -2.41. The molecule has 0 saturated carbocycles. The van der Waals surface area contributed by atoms with Crippen LogP contribution in [0.5, 0.6) is 5.88 Å². The van der Waals surface area contributed by atoms with Gasteiger partial charge in [-0.3, -0.25) is 4.79 Å². The summed E-state index contributed by atoms with van der Waals surface area (Å²) in [4.78, 5) is 21.5. The van der Waals surface area contributed by atoms with Crippen LogP contribution in [0.25, 0.3) is 0 Å². The maximum absolute atomic E-state index is 12.0. The predicted molar refractivity (Wildman–Crippen MR) is 55.3 cm³/mol. The zero-order valence-electron chi connectivity index (χ0n) is 9.05. The molecule has 2 rings (SSSR count). The summed E-state index contributed by atoms with van der Waals surface area (Å²) >= 11 is 0. The first-order chi connectivity index (χ1) is 7.81. The molecular weight excluding hydrogens is 210 g/mol. The molecule has 0 N–H and O–H groups in total. The smallest absolute Gasteiger partial charge is 0.272 e. The van der Waals surface area contributed by atoms with Crippen molar-refractivity contribution in [1.82, 2.24) is 14.9 Å². The maximum atomic E-state index is 12.0. The first kappa shape index (κ1) is 10.8. The summed E-state index contributed by atoms with van der Waals surface area (Å²) in [5.74, 6) is 0.288. The quantitative estimate of drug-likeness (QED) is 0.703. The van der Waals surface area contributed by atoms with E-state index in [-0.39, 0.29) is 5.91 Å². The zero-order valence-corrected chi connectivity index (χ0v) is 9.05. The molecule has 0 unspecified atom stereocenters. The van der Waals surface area contributed by atoms with Crippen LogP contribution < -0.4 is 4.74 Å². The van der Waals surface area contributed by atoms with Gasteiger partial charge in [0.25, 0.3) is 5.91 Å². The Morgan fingerprint density at radius 2 is 2.19 bits per heavy atom. The van der Waals surface area contributed by atoms with E-state index in [0.717, 1.165) is 0 Å². The highest BCUT2D eigenvalue weighted by Crippen LogP contribution is 2.09. The third-order valence-corrected chi connectivity index (χ3v) is 2.37. The van der Waals surface area contributed by atoms with Crippen molar-refractivity contribution in [3.63, 3.8) is 0 Å². The lowest BCUT2D eigenvalue weighted by atomic mass is 10.3. The van der Waals surface area contributed by atoms with Crippen molar-refractivity contribution >= 4 is 5.91 Å². The van der Waals surface area contributed by atoms with E-state index in [9.17, 15) is 4.79 Å². The molecule has 6 nitrogen and oxygen atoms in total. The Hall–Kier alpha value is -1.69. The van der Waals surface area contributed by atoms with Crippen molar-refractivity contribution in [3.05, 3.63) is 18.1 Å². The molecule has 1 aliphatic heterocycles. The molecule has 2 heterocycles. The van der Waals surface area contributed by atoms with Crippen LogP contribution in [0.4, 0.5) is 0 Å². The number of amides is 1. The normalized spacial score (nSPS) is 15.9. The van der Waals surface area contributed by atoms with Gasteiger partial charge in [0, 0.05) is 19.2 Å². The summed E-state index contributed by atoms with van der Waals surface area (Å²) in [6.07, 6.45) is 1.33. The van der Waals surface area contributed by atoms with Gasteiger partial charge in [-0.25, -0.2) is 9.97 Å². The zero-order chi connectivity index (χ0) is 11.4. The van der Waals surface area contributed by atoms with Gasteiger partial charge < -0.3 is 14.4 Å². The fourth-order valence-electron chi connectivity index (χ4n) is 1.50. The number of methoxy groups -OCH3 is 1. The van der Waals surface area contributed by atoms with E-state index in [2.05, 4.69) is 9.97 Å². The van der Waals surface area contributed by atoms with E-state index in [4.69, 9.17) is 9.47 Å². The van der Waals surface area contributed by atoms with Crippen LogP contribution in [0.1, 0.15) is 10.5 Å². The minimum absolute atomic E-state index is 0.107. The second-order valence-corrected chi connectivity index (χ2v) is 3.35. The van der Waals surface area contributed by atoms with E-state index in [1.165, 1.54) is 19.5 Å². The predicted octanol–water partition coefficient (Wildman–Crippen LogP) is -0.0424. The van der Waals surface area contributed by atoms with Crippen LogP contribution in [0.3, 0.4) is 0 Å². The van der Waals surface area contributed by atoms with Crippen LogP contribution in [0.2, 0.25) is 0 Å². The summed E-state index contributed by atoms with van der Waals surface area (Å²) in [6, 6.07) is 1.54. The average Bonchev–Trinajstić information content (AvgIpc) is 2.39. The number of carbonyl (C=O) groups excluding carboxylic acids is 1. The number of rotatable bonds is 2. The van der Waals surface area contributed by atoms with Crippen molar-refractivity contribution in [2.45, 2.75) is 0 Å². The number of hydrogen-bond donors (Lipinski definition) is 0. The number of ether oxygens (including phenoxy) is 2. The topological polar surface area (TPSA) is 64.5 Å². The minimum atomic E-state index is -0.107. The summed E-state index contributed by atoms with van der Waals surface area (Å²) in [5, 5.41) is 0. The molecule has 0 bridgehead atoms. The number of carbonyl (C=O) groups is 1. The molecule has 1 amide bonds. The molecule has 1 saturated heterocycles. The van der Waals surface area contributed by atoms with Crippen LogP contribution in [-0.4, -0.2) is 54.2 Å². The lowest BCUT2D eigenvalue weighted by Gasteiger charge is -2.26. The average molecular weight is 223 g/mol. The molecule has 0 aromatic carbocycles. The Balaban J connectivity index is 2.12. The first-order valence-electron chi connectivity index (χ1n) is 5.04. The van der Waals surface area contributed by atoms with Crippen molar-refractivity contribution < 1.29 is 14.3 Å². The molecule has 1 aromatic rings. The molecule has 86 valence electrons. The van der Waals surface area contributed by atoms with E-state index >= 15 is 0 Å². The molecule has 0 radical (unpaired) electrons. The Bertz CT molecular complexity index is 377. The second-order valence-electron chi connectivity index (χ2n) is 3.35. The van der Waals surface area contributed by atoms with Gasteiger partial charge in [0.2, 0.25) is 5.88 Å². The van der Waals surface area contributed by atoms with Gasteiger partial charge in [0.1, 0.15) is 12.0 Å². The molecule has 0 atom stereocenters. The van der Waals surface area contributed by atoms with Crippen LogP contribution in [0, 0.1) is 0 Å². The number of morpholine rings is 1. The Kier molecular flexibility index (Phi) is 3.31. The third-order valence-electron chi connectivity index (χ3n) is 2.37. The highest BCUT2D eigenvalue weighted by molar-refractivity contribution is 5.92. The Labute approximate surface area is 93.2 Å². The Morgan fingerprint density at radius 3 is 2.88 bits per heavy atom. The second kappa shape index (κ2) is 4.89. The SMILES string of the molecule is COc1cc(C(=O)N2CCOCC2)ncn1. The maximum Gasteiger partial charge on any atom is 0.272 e. The van der Waals surface area contributed by atoms with E-state index in [1.807, 2.05) is 0 Å². The highest BCUT2D eigenvalue weighted by atomic mass is 16.5. The molecule has 0 aliphatic carbocycles. The van der Waals surface area contributed by atoms with Crippen LogP contribution in [-0.2, 0) is 4.74 Å². The van der Waals surface area contributed by atoms with Crippen molar-refractivity contribution in [1.29, 1.82) is 0 Å². The summed E-state index contributed by atoms with van der Waals surface area (Å²) in [6.45, 7) is 2.36. The number of aromatic nitrogens is 2. The molecule has 1 aromatic heterocycles. The van der Waals surface area contributed by atoms with Gasteiger partial charge in [0.05, 0.1) is 20.3 Å².